The molecule has 2 aromatic rings. The maximum atomic E-state index is 10.6. The number of ketones is 1. The molecule has 102 valence electrons. The highest BCUT2D eigenvalue weighted by molar-refractivity contribution is 5.93. The van der Waals surface area contributed by atoms with Crippen molar-refractivity contribution in [2.24, 2.45) is 0 Å². The number of hydrogen-bond acceptors (Lipinski definition) is 2. The normalized spacial score (nSPS) is 9.65. The molecule has 0 bridgehead atoms. The SMILES string of the molecule is CC(=O)c1ccccc1.O=C(O)C=Cc1ccccc1. The summed E-state index contributed by atoms with van der Waals surface area (Å²) >= 11 is 0. The summed E-state index contributed by atoms with van der Waals surface area (Å²) in [5.41, 5.74) is 1.67. The Kier molecular flexibility index (Phi) is 6.48. The number of carbonyl (C=O) groups excluding carboxylic acids is 1. The van der Waals surface area contributed by atoms with E-state index in [1.54, 1.807) is 13.0 Å². The van der Waals surface area contributed by atoms with Crippen LogP contribution in [-0.2, 0) is 4.79 Å². The zero-order valence-electron chi connectivity index (χ0n) is 11.2. The van der Waals surface area contributed by atoms with E-state index in [0.29, 0.717) is 0 Å². The number of Topliss-reactive ketones (excluding diaryl/α,β-unsaturated/α-hetero) is 1. The maximum Gasteiger partial charge on any atom is 0.328 e. The van der Waals surface area contributed by atoms with Crippen molar-refractivity contribution in [3.8, 4) is 0 Å². The van der Waals surface area contributed by atoms with Gasteiger partial charge in [-0.2, -0.15) is 0 Å². The van der Waals surface area contributed by atoms with Gasteiger partial charge in [-0.25, -0.2) is 4.79 Å². The second-order valence-electron chi connectivity index (χ2n) is 4.00. The number of aliphatic carboxylic acids is 1. The second kappa shape index (κ2) is 8.43. The van der Waals surface area contributed by atoms with Gasteiger partial charge in [-0.15, -0.1) is 0 Å². The van der Waals surface area contributed by atoms with Crippen LogP contribution in [0.1, 0.15) is 22.8 Å². The summed E-state index contributed by atoms with van der Waals surface area (Å²) in [5.74, 6) is -0.801. The number of carbonyl (C=O) groups is 2. The Bertz CT molecular complexity index is 572. The smallest absolute Gasteiger partial charge is 0.328 e. The minimum Gasteiger partial charge on any atom is -0.478 e. The molecule has 20 heavy (non-hydrogen) atoms. The minimum atomic E-state index is -0.922. The Morgan fingerprint density at radius 2 is 1.40 bits per heavy atom. The van der Waals surface area contributed by atoms with Crippen LogP contribution in [0.3, 0.4) is 0 Å². The summed E-state index contributed by atoms with van der Waals surface area (Å²) in [6.07, 6.45) is 2.68. The zero-order chi connectivity index (χ0) is 14.8. The highest BCUT2D eigenvalue weighted by Gasteiger charge is 1.92. The van der Waals surface area contributed by atoms with Crippen LogP contribution < -0.4 is 0 Å². The molecule has 3 heteroatoms. The van der Waals surface area contributed by atoms with Crippen LogP contribution in [0.25, 0.3) is 6.08 Å². The summed E-state index contributed by atoms with van der Waals surface area (Å²) in [4.78, 5) is 20.7. The molecule has 2 rings (SSSR count). The Hall–Kier alpha value is -2.68. The van der Waals surface area contributed by atoms with Gasteiger partial charge in [0.15, 0.2) is 5.78 Å². The molecule has 0 radical (unpaired) electrons. The Morgan fingerprint density at radius 3 is 1.80 bits per heavy atom. The highest BCUT2D eigenvalue weighted by Crippen LogP contribution is 2.00. The van der Waals surface area contributed by atoms with Gasteiger partial charge < -0.3 is 5.11 Å². The van der Waals surface area contributed by atoms with Crippen LogP contribution in [0.4, 0.5) is 0 Å². The van der Waals surface area contributed by atoms with Gasteiger partial charge in [0, 0.05) is 11.6 Å². The van der Waals surface area contributed by atoms with E-state index in [0.717, 1.165) is 17.2 Å². The van der Waals surface area contributed by atoms with Crippen molar-refractivity contribution in [3.05, 3.63) is 77.9 Å². The first kappa shape index (κ1) is 15.4. The standard InChI is InChI=1S/C9H8O2.C8H8O/c10-9(11)7-6-8-4-2-1-3-5-8;1-7(9)8-5-3-2-4-6-8/h1-7H,(H,10,11);2-6H,1H3. The molecule has 3 nitrogen and oxygen atoms in total. The lowest BCUT2D eigenvalue weighted by Crippen LogP contribution is -1.88. The second-order valence-corrected chi connectivity index (χ2v) is 4.00. The lowest BCUT2D eigenvalue weighted by Gasteiger charge is -1.89. The lowest BCUT2D eigenvalue weighted by atomic mass is 10.2. The van der Waals surface area contributed by atoms with E-state index in [-0.39, 0.29) is 5.78 Å². The van der Waals surface area contributed by atoms with Crippen molar-refractivity contribution in [1.29, 1.82) is 0 Å². The van der Waals surface area contributed by atoms with Gasteiger partial charge in [0.25, 0.3) is 0 Å². The predicted octanol–water partition coefficient (Wildman–Crippen LogP) is 3.67. The Balaban J connectivity index is 0.000000204. The van der Waals surface area contributed by atoms with E-state index in [1.807, 2.05) is 60.7 Å². The van der Waals surface area contributed by atoms with Gasteiger partial charge in [0.1, 0.15) is 0 Å². The van der Waals surface area contributed by atoms with Crippen molar-refractivity contribution in [2.75, 3.05) is 0 Å². The number of hydrogen-bond donors (Lipinski definition) is 1. The Labute approximate surface area is 118 Å². The quantitative estimate of drug-likeness (QED) is 0.682. The third-order valence-electron chi connectivity index (χ3n) is 2.40. The fourth-order valence-electron chi connectivity index (χ4n) is 1.40. The fraction of sp³-hybridized carbons (Fsp3) is 0.0588. The fourth-order valence-corrected chi connectivity index (χ4v) is 1.40. The zero-order valence-corrected chi connectivity index (χ0v) is 11.2. The molecule has 2 aromatic carbocycles. The highest BCUT2D eigenvalue weighted by atomic mass is 16.4. The number of carboxylic acid groups (broad SMARTS) is 1. The van der Waals surface area contributed by atoms with Gasteiger partial charge in [0.2, 0.25) is 0 Å². The topological polar surface area (TPSA) is 54.4 Å². The van der Waals surface area contributed by atoms with Crippen LogP contribution in [0.2, 0.25) is 0 Å². The van der Waals surface area contributed by atoms with Gasteiger partial charge in [0.05, 0.1) is 0 Å². The minimum absolute atomic E-state index is 0.121. The van der Waals surface area contributed by atoms with Gasteiger partial charge in [-0.1, -0.05) is 60.7 Å². The molecule has 0 saturated carbocycles. The van der Waals surface area contributed by atoms with Crippen LogP contribution in [0.5, 0.6) is 0 Å². The largest absolute Gasteiger partial charge is 0.478 e. The first-order chi connectivity index (χ1) is 9.59. The van der Waals surface area contributed by atoms with Crippen molar-refractivity contribution in [2.45, 2.75) is 6.92 Å². The molecule has 0 aliphatic heterocycles. The van der Waals surface area contributed by atoms with Gasteiger partial charge in [-0.3, -0.25) is 4.79 Å². The molecule has 0 aliphatic rings. The molecule has 0 heterocycles. The summed E-state index contributed by atoms with van der Waals surface area (Å²) < 4.78 is 0. The summed E-state index contributed by atoms with van der Waals surface area (Å²) in [7, 11) is 0. The lowest BCUT2D eigenvalue weighted by molar-refractivity contribution is -0.131. The van der Waals surface area contributed by atoms with Crippen molar-refractivity contribution in [3.63, 3.8) is 0 Å². The number of rotatable bonds is 3. The van der Waals surface area contributed by atoms with E-state index in [1.165, 1.54) is 0 Å². The van der Waals surface area contributed by atoms with E-state index in [2.05, 4.69) is 0 Å². The molecule has 0 unspecified atom stereocenters. The third kappa shape index (κ3) is 6.31. The van der Waals surface area contributed by atoms with Crippen LogP contribution in [-0.4, -0.2) is 16.9 Å². The van der Waals surface area contributed by atoms with Gasteiger partial charge in [-0.05, 0) is 18.6 Å². The predicted molar refractivity (Wildman–Crippen MR) is 79.6 cm³/mol. The van der Waals surface area contributed by atoms with Crippen molar-refractivity contribution in [1.82, 2.24) is 0 Å². The number of benzene rings is 2. The van der Waals surface area contributed by atoms with E-state index < -0.39 is 5.97 Å². The van der Waals surface area contributed by atoms with E-state index in [9.17, 15) is 9.59 Å². The molecule has 0 amide bonds. The summed E-state index contributed by atoms with van der Waals surface area (Å²) in [6.45, 7) is 1.56. The molecule has 0 aromatic heterocycles. The average Bonchev–Trinajstić information content (AvgIpc) is 2.48. The molecule has 0 saturated heterocycles. The maximum absolute atomic E-state index is 10.6. The van der Waals surface area contributed by atoms with Crippen molar-refractivity contribution < 1.29 is 14.7 Å². The van der Waals surface area contributed by atoms with E-state index in [4.69, 9.17) is 5.11 Å². The van der Waals surface area contributed by atoms with Gasteiger partial charge >= 0.3 is 5.97 Å². The molecule has 1 N–H and O–H groups in total. The molecule has 0 aliphatic carbocycles. The molecular weight excluding hydrogens is 252 g/mol. The summed E-state index contributed by atoms with van der Waals surface area (Å²) in [6, 6.07) is 18.5. The molecule has 0 spiro atoms. The average molecular weight is 268 g/mol. The number of carboxylic acids is 1. The monoisotopic (exact) mass is 268 g/mol. The third-order valence-corrected chi connectivity index (χ3v) is 2.40. The first-order valence-corrected chi connectivity index (χ1v) is 6.11. The van der Waals surface area contributed by atoms with E-state index >= 15 is 0 Å². The Morgan fingerprint density at radius 1 is 0.900 bits per heavy atom. The van der Waals surface area contributed by atoms with Crippen LogP contribution >= 0.6 is 0 Å². The molecule has 0 fully saturated rings. The van der Waals surface area contributed by atoms with Crippen LogP contribution in [0.15, 0.2) is 66.7 Å². The summed E-state index contributed by atoms with van der Waals surface area (Å²) in [5, 5.41) is 8.29. The van der Waals surface area contributed by atoms with Crippen LogP contribution in [0, 0.1) is 0 Å². The molecule has 0 atom stereocenters. The first-order valence-electron chi connectivity index (χ1n) is 6.11. The van der Waals surface area contributed by atoms with Crippen molar-refractivity contribution >= 4 is 17.8 Å². The molecular formula is C17H16O3.